The first kappa shape index (κ1) is 17.1. The van der Waals surface area contributed by atoms with Gasteiger partial charge in [-0.25, -0.2) is 4.79 Å². The van der Waals surface area contributed by atoms with Crippen LogP contribution in [0, 0.1) is 0 Å². The number of carbonyl (C=O) groups is 1. The fourth-order valence-electron chi connectivity index (χ4n) is 2.93. The lowest BCUT2D eigenvalue weighted by Crippen LogP contribution is -2.54. The van der Waals surface area contributed by atoms with E-state index in [9.17, 15) is 9.90 Å². The second-order valence-corrected chi connectivity index (χ2v) is 6.12. The third kappa shape index (κ3) is 4.16. The Bertz CT molecular complexity index is 436. The Labute approximate surface area is 129 Å². The van der Waals surface area contributed by atoms with Crippen molar-refractivity contribution in [3.8, 4) is 0 Å². The van der Waals surface area contributed by atoms with Crippen LogP contribution in [0.2, 0.25) is 0 Å². The van der Waals surface area contributed by atoms with Gasteiger partial charge in [-0.1, -0.05) is 6.42 Å². The SMILES string of the molecule is CC1OC(OC2(O)CCCCC2)C(N)CC1N=C(N)C(=O)O. The first-order valence-electron chi connectivity index (χ1n) is 7.68. The van der Waals surface area contributed by atoms with E-state index >= 15 is 0 Å². The summed E-state index contributed by atoms with van der Waals surface area (Å²) < 4.78 is 11.4. The minimum absolute atomic E-state index is 0.385. The van der Waals surface area contributed by atoms with Gasteiger partial charge in [-0.2, -0.15) is 0 Å². The van der Waals surface area contributed by atoms with Crippen molar-refractivity contribution in [3.05, 3.63) is 0 Å². The molecule has 2 aliphatic rings. The molecule has 0 spiro atoms. The number of aliphatic hydroxyl groups is 1. The zero-order valence-electron chi connectivity index (χ0n) is 12.8. The summed E-state index contributed by atoms with van der Waals surface area (Å²) in [6, 6.07) is -0.940. The molecule has 126 valence electrons. The average molecular weight is 315 g/mol. The number of aliphatic carboxylic acids is 1. The minimum Gasteiger partial charge on any atom is -0.475 e. The molecule has 0 aromatic rings. The van der Waals surface area contributed by atoms with Gasteiger partial charge in [0, 0.05) is 12.8 Å². The van der Waals surface area contributed by atoms with Crippen LogP contribution in [-0.2, 0) is 14.3 Å². The van der Waals surface area contributed by atoms with Gasteiger partial charge in [0.2, 0.25) is 5.84 Å². The quantitative estimate of drug-likeness (QED) is 0.324. The number of nitrogens with two attached hydrogens (primary N) is 2. The summed E-state index contributed by atoms with van der Waals surface area (Å²) in [7, 11) is 0. The molecule has 2 fully saturated rings. The summed E-state index contributed by atoms with van der Waals surface area (Å²) in [6.45, 7) is 1.76. The molecule has 0 radical (unpaired) electrons. The molecular formula is C14H25N3O5. The topological polar surface area (TPSA) is 140 Å². The Kier molecular flexibility index (Phi) is 5.38. The maximum atomic E-state index is 10.7. The number of aliphatic imine (C=N–C) groups is 1. The molecule has 2 rings (SSSR count). The van der Waals surface area contributed by atoms with Gasteiger partial charge in [0.15, 0.2) is 12.1 Å². The molecule has 4 atom stereocenters. The van der Waals surface area contributed by atoms with Crippen LogP contribution < -0.4 is 11.5 Å². The van der Waals surface area contributed by atoms with E-state index in [1.54, 1.807) is 6.92 Å². The highest BCUT2D eigenvalue weighted by Gasteiger charge is 2.40. The lowest BCUT2D eigenvalue weighted by molar-refractivity contribution is -0.323. The number of hydrogen-bond acceptors (Lipinski definition) is 6. The molecule has 8 nitrogen and oxygen atoms in total. The van der Waals surface area contributed by atoms with Crippen LogP contribution >= 0.6 is 0 Å². The third-order valence-corrected chi connectivity index (χ3v) is 4.25. The molecule has 22 heavy (non-hydrogen) atoms. The van der Waals surface area contributed by atoms with Crippen molar-refractivity contribution in [3.63, 3.8) is 0 Å². The summed E-state index contributed by atoms with van der Waals surface area (Å²) in [6.07, 6.45) is 3.32. The molecule has 1 saturated carbocycles. The second-order valence-electron chi connectivity index (χ2n) is 6.12. The Morgan fingerprint density at radius 1 is 1.36 bits per heavy atom. The van der Waals surface area contributed by atoms with Gasteiger partial charge < -0.3 is 31.2 Å². The molecule has 0 aromatic carbocycles. The molecule has 1 saturated heterocycles. The lowest BCUT2D eigenvalue weighted by Gasteiger charge is -2.42. The van der Waals surface area contributed by atoms with Crippen molar-refractivity contribution < 1.29 is 24.5 Å². The van der Waals surface area contributed by atoms with Crippen LogP contribution in [0.5, 0.6) is 0 Å². The Morgan fingerprint density at radius 3 is 2.59 bits per heavy atom. The van der Waals surface area contributed by atoms with Gasteiger partial charge in [0.25, 0.3) is 0 Å². The zero-order valence-corrected chi connectivity index (χ0v) is 12.8. The van der Waals surface area contributed by atoms with Crippen molar-refractivity contribution >= 4 is 11.8 Å². The Hall–Kier alpha value is -1.22. The largest absolute Gasteiger partial charge is 0.475 e. The van der Waals surface area contributed by atoms with E-state index in [1.165, 1.54) is 0 Å². The van der Waals surface area contributed by atoms with Gasteiger partial charge >= 0.3 is 5.97 Å². The van der Waals surface area contributed by atoms with Crippen LogP contribution in [0.15, 0.2) is 4.99 Å². The van der Waals surface area contributed by atoms with Crippen LogP contribution in [0.25, 0.3) is 0 Å². The van der Waals surface area contributed by atoms with Crippen molar-refractivity contribution in [2.45, 2.75) is 75.7 Å². The van der Waals surface area contributed by atoms with E-state index in [2.05, 4.69) is 4.99 Å². The van der Waals surface area contributed by atoms with Gasteiger partial charge in [0.1, 0.15) is 0 Å². The molecule has 0 amide bonds. The maximum Gasteiger partial charge on any atom is 0.370 e. The predicted octanol–water partition coefficient (Wildman–Crippen LogP) is -0.0717. The van der Waals surface area contributed by atoms with Crippen molar-refractivity contribution in [2.24, 2.45) is 16.5 Å². The fraction of sp³-hybridized carbons (Fsp3) is 0.857. The molecule has 1 heterocycles. The minimum atomic E-state index is -1.27. The maximum absolute atomic E-state index is 10.7. The highest BCUT2D eigenvalue weighted by Crippen LogP contribution is 2.33. The monoisotopic (exact) mass is 315 g/mol. The smallest absolute Gasteiger partial charge is 0.370 e. The van der Waals surface area contributed by atoms with Crippen molar-refractivity contribution in [2.75, 3.05) is 0 Å². The number of nitrogens with zero attached hydrogens (tertiary/aromatic N) is 1. The number of amidine groups is 1. The van der Waals surface area contributed by atoms with E-state index < -0.39 is 42.1 Å². The fourth-order valence-corrected chi connectivity index (χ4v) is 2.93. The molecular weight excluding hydrogens is 290 g/mol. The summed E-state index contributed by atoms with van der Waals surface area (Å²) in [5.41, 5.74) is 11.4. The Morgan fingerprint density at radius 2 is 2.00 bits per heavy atom. The zero-order chi connectivity index (χ0) is 16.3. The van der Waals surface area contributed by atoms with Gasteiger partial charge in [-0.3, -0.25) is 4.99 Å². The van der Waals surface area contributed by atoms with Gasteiger partial charge in [-0.05, 0) is 26.2 Å². The number of ether oxygens (including phenoxy) is 2. The van der Waals surface area contributed by atoms with Crippen molar-refractivity contribution in [1.82, 2.24) is 0 Å². The van der Waals surface area contributed by atoms with Crippen molar-refractivity contribution in [1.29, 1.82) is 0 Å². The normalized spacial score (nSPS) is 36.0. The van der Waals surface area contributed by atoms with Crippen LogP contribution in [0.4, 0.5) is 0 Å². The Balaban J connectivity index is 1.98. The number of hydrogen-bond donors (Lipinski definition) is 4. The molecule has 4 unspecified atom stereocenters. The van der Waals surface area contributed by atoms with Crippen LogP contribution in [0.3, 0.4) is 0 Å². The van der Waals surface area contributed by atoms with E-state index in [0.29, 0.717) is 19.3 Å². The molecule has 6 N–H and O–H groups in total. The molecule has 0 bridgehead atoms. The average Bonchev–Trinajstić information content (AvgIpc) is 2.44. The van der Waals surface area contributed by atoms with E-state index in [1.807, 2.05) is 0 Å². The van der Waals surface area contributed by atoms with E-state index in [4.69, 9.17) is 26.0 Å². The number of rotatable bonds is 3. The predicted molar refractivity (Wildman–Crippen MR) is 79.1 cm³/mol. The summed E-state index contributed by atoms with van der Waals surface area (Å²) in [5, 5.41) is 19.2. The first-order chi connectivity index (χ1) is 10.3. The molecule has 0 aromatic heterocycles. The first-order valence-corrected chi connectivity index (χ1v) is 7.68. The summed E-state index contributed by atoms with van der Waals surface area (Å²) in [5.74, 6) is -2.91. The molecule has 1 aliphatic carbocycles. The van der Waals surface area contributed by atoms with Crippen LogP contribution in [-0.4, -0.2) is 52.3 Å². The number of carboxylic acids is 1. The second kappa shape index (κ2) is 6.91. The third-order valence-electron chi connectivity index (χ3n) is 4.25. The highest BCUT2D eigenvalue weighted by atomic mass is 16.7. The number of carboxylic acid groups (broad SMARTS) is 1. The highest BCUT2D eigenvalue weighted by molar-refractivity contribution is 6.33. The van der Waals surface area contributed by atoms with E-state index in [-0.39, 0.29) is 0 Å². The molecule has 1 aliphatic heterocycles. The van der Waals surface area contributed by atoms with Gasteiger partial charge in [0.05, 0.1) is 18.2 Å². The summed E-state index contributed by atoms with van der Waals surface area (Å²) in [4.78, 5) is 14.7. The summed E-state index contributed by atoms with van der Waals surface area (Å²) >= 11 is 0. The molecule has 8 heteroatoms. The standard InChI is InChI=1S/C14H25N3O5/c1-8-10(17-11(16)12(18)19)7-9(15)13(21-8)22-14(20)5-3-2-4-6-14/h8-10,13,20H,2-7,15H2,1H3,(H2,16,17)(H,18,19). The van der Waals surface area contributed by atoms with E-state index in [0.717, 1.165) is 19.3 Å². The lowest BCUT2D eigenvalue weighted by atomic mass is 9.93. The van der Waals surface area contributed by atoms with Gasteiger partial charge in [-0.15, -0.1) is 0 Å². The van der Waals surface area contributed by atoms with Crippen LogP contribution in [0.1, 0.15) is 45.4 Å².